The van der Waals surface area contributed by atoms with Crippen molar-refractivity contribution in [1.29, 1.82) is 0 Å². The molecule has 2 amide bonds. The van der Waals surface area contributed by atoms with Gasteiger partial charge in [0.05, 0.1) is 6.61 Å². The molecule has 1 aliphatic rings. The van der Waals surface area contributed by atoms with Crippen molar-refractivity contribution in [1.82, 2.24) is 25.0 Å². The number of rotatable bonds is 5. The lowest BCUT2D eigenvalue weighted by Crippen LogP contribution is -2.50. The zero-order valence-electron chi connectivity index (χ0n) is 15.2. The smallest absolute Gasteiger partial charge is 0.409 e. The lowest BCUT2D eigenvalue weighted by Gasteiger charge is -2.33. The van der Waals surface area contributed by atoms with Gasteiger partial charge in [0.1, 0.15) is 5.82 Å². The number of anilines is 1. The number of pyridine rings is 1. The van der Waals surface area contributed by atoms with Crippen LogP contribution in [0, 0.1) is 0 Å². The number of hydrogen-bond acceptors (Lipinski definition) is 7. The molecule has 1 N–H and O–H groups in total. The SMILES string of the molecule is CCOC(=O)N1CCN(C(=O)c2ccc(NCc3ccncc3)nn2)CC1. The number of nitrogens with zero attached hydrogens (tertiary/aromatic N) is 5. The van der Waals surface area contributed by atoms with Crippen LogP contribution < -0.4 is 5.32 Å². The van der Waals surface area contributed by atoms with Crippen LogP contribution in [0.15, 0.2) is 36.7 Å². The van der Waals surface area contributed by atoms with Gasteiger partial charge >= 0.3 is 6.09 Å². The van der Waals surface area contributed by atoms with Crippen LogP contribution in [0.4, 0.5) is 10.6 Å². The van der Waals surface area contributed by atoms with Crippen LogP contribution in [0.1, 0.15) is 23.0 Å². The molecule has 0 radical (unpaired) electrons. The van der Waals surface area contributed by atoms with Crippen molar-refractivity contribution in [2.45, 2.75) is 13.5 Å². The molecule has 0 aromatic carbocycles. The second-order valence-electron chi connectivity index (χ2n) is 5.99. The van der Waals surface area contributed by atoms with Crippen molar-refractivity contribution in [3.8, 4) is 0 Å². The fourth-order valence-corrected chi connectivity index (χ4v) is 2.70. The van der Waals surface area contributed by atoms with Gasteiger partial charge in [-0.25, -0.2) is 4.79 Å². The van der Waals surface area contributed by atoms with E-state index in [1.54, 1.807) is 41.2 Å². The molecule has 0 bridgehead atoms. The van der Waals surface area contributed by atoms with Gasteiger partial charge in [-0.05, 0) is 36.8 Å². The Bertz CT molecular complexity index is 760. The van der Waals surface area contributed by atoms with Gasteiger partial charge in [-0.3, -0.25) is 9.78 Å². The van der Waals surface area contributed by atoms with E-state index in [2.05, 4.69) is 20.5 Å². The lowest BCUT2D eigenvalue weighted by molar-refractivity contribution is 0.0565. The minimum absolute atomic E-state index is 0.188. The highest BCUT2D eigenvalue weighted by molar-refractivity contribution is 5.92. The Labute approximate surface area is 157 Å². The highest BCUT2D eigenvalue weighted by Gasteiger charge is 2.26. The van der Waals surface area contributed by atoms with Crippen molar-refractivity contribution < 1.29 is 14.3 Å². The van der Waals surface area contributed by atoms with Crippen molar-refractivity contribution in [2.24, 2.45) is 0 Å². The van der Waals surface area contributed by atoms with Crippen molar-refractivity contribution in [2.75, 3.05) is 38.1 Å². The monoisotopic (exact) mass is 370 g/mol. The third kappa shape index (κ3) is 4.90. The van der Waals surface area contributed by atoms with Crippen LogP contribution in [0.3, 0.4) is 0 Å². The summed E-state index contributed by atoms with van der Waals surface area (Å²) in [7, 11) is 0. The molecular formula is C18H22N6O3. The Morgan fingerprint density at radius 2 is 1.74 bits per heavy atom. The first-order valence-corrected chi connectivity index (χ1v) is 8.85. The van der Waals surface area contributed by atoms with Gasteiger partial charge in [-0.2, -0.15) is 0 Å². The average molecular weight is 370 g/mol. The van der Waals surface area contributed by atoms with E-state index in [9.17, 15) is 9.59 Å². The van der Waals surface area contributed by atoms with Crippen LogP contribution in [0.2, 0.25) is 0 Å². The summed E-state index contributed by atoms with van der Waals surface area (Å²) in [5.41, 5.74) is 1.36. The number of amides is 2. The molecule has 3 rings (SSSR count). The zero-order chi connectivity index (χ0) is 19.1. The summed E-state index contributed by atoms with van der Waals surface area (Å²) in [5.74, 6) is 0.405. The standard InChI is InChI=1S/C18H22N6O3/c1-2-27-18(26)24-11-9-23(10-12-24)17(25)15-3-4-16(22-21-15)20-13-14-5-7-19-8-6-14/h3-8H,2,9-13H2,1H3,(H,20,22). The minimum atomic E-state index is -0.339. The van der Waals surface area contributed by atoms with Gasteiger partial charge < -0.3 is 19.9 Å². The molecular weight excluding hydrogens is 348 g/mol. The molecule has 2 aromatic rings. The first kappa shape index (κ1) is 18.6. The molecule has 1 aliphatic heterocycles. The maximum absolute atomic E-state index is 12.6. The van der Waals surface area contributed by atoms with E-state index in [0.717, 1.165) is 5.56 Å². The highest BCUT2D eigenvalue weighted by atomic mass is 16.6. The van der Waals surface area contributed by atoms with Gasteiger partial charge in [0, 0.05) is 45.1 Å². The summed E-state index contributed by atoms with van der Waals surface area (Å²) in [6, 6.07) is 7.21. The molecule has 9 heteroatoms. The second kappa shape index (κ2) is 8.93. The number of carbonyl (C=O) groups excluding carboxylic acids is 2. The Kier molecular flexibility index (Phi) is 6.14. The molecule has 0 aliphatic carbocycles. The molecule has 3 heterocycles. The summed E-state index contributed by atoms with van der Waals surface area (Å²) in [6.45, 7) is 4.50. The Hall–Kier alpha value is -3.23. The quantitative estimate of drug-likeness (QED) is 0.849. The predicted octanol–water partition coefficient (Wildman–Crippen LogP) is 1.40. The molecule has 1 saturated heterocycles. The number of ether oxygens (including phenoxy) is 1. The summed E-state index contributed by atoms with van der Waals surface area (Å²) < 4.78 is 4.98. The number of nitrogens with one attached hydrogen (secondary N) is 1. The molecule has 2 aromatic heterocycles. The number of aromatic nitrogens is 3. The van der Waals surface area contributed by atoms with Crippen LogP contribution in [0.25, 0.3) is 0 Å². The van der Waals surface area contributed by atoms with Gasteiger partial charge in [0.2, 0.25) is 0 Å². The van der Waals surface area contributed by atoms with E-state index >= 15 is 0 Å². The van der Waals surface area contributed by atoms with Crippen molar-refractivity contribution >= 4 is 17.8 Å². The topological polar surface area (TPSA) is 101 Å². The van der Waals surface area contributed by atoms with E-state index in [0.29, 0.717) is 45.1 Å². The maximum atomic E-state index is 12.6. The number of hydrogen-bond donors (Lipinski definition) is 1. The molecule has 9 nitrogen and oxygen atoms in total. The largest absolute Gasteiger partial charge is 0.450 e. The van der Waals surface area contributed by atoms with E-state index in [1.807, 2.05) is 12.1 Å². The maximum Gasteiger partial charge on any atom is 0.409 e. The van der Waals surface area contributed by atoms with Crippen LogP contribution in [-0.4, -0.2) is 69.8 Å². The molecule has 27 heavy (non-hydrogen) atoms. The Balaban J connectivity index is 1.51. The first-order chi connectivity index (χ1) is 13.2. The molecule has 1 fully saturated rings. The summed E-state index contributed by atoms with van der Waals surface area (Å²) >= 11 is 0. The fourth-order valence-electron chi connectivity index (χ4n) is 2.70. The Morgan fingerprint density at radius 1 is 1.04 bits per heavy atom. The van der Waals surface area contributed by atoms with Crippen molar-refractivity contribution in [3.05, 3.63) is 47.9 Å². The summed E-state index contributed by atoms with van der Waals surface area (Å²) in [6.07, 6.45) is 3.12. The van der Waals surface area contributed by atoms with Gasteiger partial charge in [-0.15, -0.1) is 10.2 Å². The fraction of sp³-hybridized carbons (Fsp3) is 0.389. The lowest BCUT2D eigenvalue weighted by atomic mass is 10.2. The summed E-state index contributed by atoms with van der Waals surface area (Å²) in [5, 5.41) is 11.2. The van der Waals surface area contributed by atoms with E-state index in [-0.39, 0.29) is 17.7 Å². The van der Waals surface area contributed by atoms with Crippen LogP contribution in [-0.2, 0) is 11.3 Å². The van der Waals surface area contributed by atoms with E-state index in [4.69, 9.17) is 4.74 Å². The van der Waals surface area contributed by atoms with E-state index in [1.165, 1.54) is 0 Å². The molecule has 0 atom stereocenters. The van der Waals surface area contributed by atoms with E-state index < -0.39 is 0 Å². The first-order valence-electron chi connectivity index (χ1n) is 8.85. The molecule has 142 valence electrons. The highest BCUT2D eigenvalue weighted by Crippen LogP contribution is 2.10. The normalized spacial score (nSPS) is 14.0. The van der Waals surface area contributed by atoms with Crippen LogP contribution >= 0.6 is 0 Å². The zero-order valence-corrected chi connectivity index (χ0v) is 15.2. The average Bonchev–Trinajstić information content (AvgIpc) is 2.73. The van der Waals surface area contributed by atoms with Gasteiger partial charge in [-0.1, -0.05) is 0 Å². The molecule has 0 unspecified atom stereocenters. The van der Waals surface area contributed by atoms with Crippen LogP contribution in [0.5, 0.6) is 0 Å². The third-order valence-electron chi connectivity index (χ3n) is 4.20. The third-order valence-corrected chi connectivity index (χ3v) is 4.20. The minimum Gasteiger partial charge on any atom is -0.450 e. The summed E-state index contributed by atoms with van der Waals surface area (Å²) in [4.78, 5) is 31.5. The predicted molar refractivity (Wildman–Crippen MR) is 98.1 cm³/mol. The molecule has 0 saturated carbocycles. The molecule has 0 spiro atoms. The number of piperazine rings is 1. The van der Waals surface area contributed by atoms with Gasteiger partial charge in [0.25, 0.3) is 5.91 Å². The number of carbonyl (C=O) groups is 2. The second-order valence-corrected chi connectivity index (χ2v) is 5.99. The Morgan fingerprint density at radius 3 is 2.37 bits per heavy atom. The van der Waals surface area contributed by atoms with Crippen molar-refractivity contribution in [3.63, 3.8) is 0 Å². The van der Waals surface area contributed by atoms with Gasteiger partial charge in [0.15, 0.2) is 5.69 Å².